The van der Waals surface area contributed by atoms with E-state index in [4.69, 9.17) is 0 Å². The molecule has 0 aliphatic rings. The van der Waals surface area contributed by atoms with Crippen LogP contribution in [0, 0.1) is 18.3 Å². The van der Waals surface area contributed by atoms with Crippen LogP contribution in [0.4, 0.5) is 11.8 Å². The third-order valence-corrected chi connectivity index (χ3v) is 3.47. The smallest absolute Gasteiger partial charge is 0.224 e. The molecule has 0 saturated carbocycles. The second kappa shape index (κ2) is 5.34. The number of nitrogens with zero attached hydrogens (tertiary/aromatic N) is 2. The summed E-state index contributed by atoms with van der Waals surface area (Å²) in [5.74, 6) is 2.19. The minimum atomic E-state index is 0.247. The Kier molecular flexibility index (Phi) is 4.32. The van der Waals surface area contributed by atoms with Crippen LogP contribution in [0.5, 0.6) is 0 Å². The zero-order valence-corrected chi connectivity index (χ0v) is 11.8. The van der Waals surface area contributed by atoms with Crippen molar-refractivity contribution >= 4 is 11.8 Å². The number of hydrogen-bond acceptors (Lipinski definition) is 4. The molecule has 0 spiro atoms. The Morgan fingerprint density at radius 1 is 1.35 bits per heavy atom. The molecule has 1 aromatic rings. The average Bonchev–Trinajstić information content (AvgIpc) is 2.28. The van der Waals surface area contributed by atoms with Gasteiger partial charge in [0.2, 0.25) is 5.95 Å². The molecule has 0 aliphatic carbocycles. The van der Waals surface area contributed by atoms with E-state index in [0.29, 0.717) is 11.9 Å². The molecule has 1 rings (SSSR count). The first kappa shape index (κ1) is 13.7. The highest BCUT2D eigenvalue weighted by Crippen LogP contribution is 2.26. The normalized spacial score (nSPS) is 11.7. The van der Waals surface area contributed by atoms with Gasteiger partial charge in [0.05, 0.1) is 0 Å². The van der Waals surface area contributed by atoms with Gasteiger partial charge < -0.3 is 10.6 Å². The second-order valence-electron chi connectivity index (χ2n) is 5.47. The van der Waals surface area contributed by atoms with Gasteiger partial charge in [-0.1, -0.05) is 27.7 Å². The molecule has 0 radical (unpaired) electrons. The van der Waals surface area contributed by atoms with Gasteiger partial charge in [-0.25, -0.2) is 4.98 Å². The van der Waals surface area contributed by atoms with Gasteiger partial charge >= 0.3 is 0 Å². The van der Waals surface area contributed by atoms with Crippen LogP contribution in [0.25, 0.3) is 0 Å². The predicted octanol–water partition coefficient (Wildman–Crippen LogP) is 2.92. The summed E-state index contributed by atoms with van der Waals surface area (Å²) in [5.41, 5.74) is 1.32. The molecule has 4 heteroatoms. The molecule has 0 unspecified atom stereocenters. The summed E-state index contributed by atoms with van der Waals surface area (Å²) < 4.78 is 0. The molecular weight excluding hydrogens is 212 g/mol. The van der Waals surface area contributed by atoms with E-state index in [1.807, 2.05) is 20.2 Å². The molecule has 0 fully saturated rings. The van der Waals surface area contributed by atoms with Crippen molar-refractivity contribution in [2.45, 2.75) is 34.6 Å². The zero-order valence-electron chi connectivity index (χ0n) is 11.8. The zero-order chi connectivity index (χ0) is 13.1. The highest BCUT2D eigenvalue weighted by Gasteiger charge is 2.22. The molecule has 0 atom stereocenters. The minimum Gasteiger partial charge on any atom is -0.369 e. The standard InChI is InChI=1S/C13H24N4/c1-9(2)13(4,5)8-16-11-10(3)7-15-12(14-6)17-11/h7,9H,8H2,1-6H3,(H2,14,15,16,17). The van der Waals surface area contributed by atoms with Crippen LogP contribution >= 0.6 is 0 Å². The van der Waals surface area contributed by atoms with Crippen molar-refractivity contribution in [3.63, 3.8) is 0 Å². The summed E-state index contributed by atoms with van der Waals surface area (Å²) in [6, 6.07) is 0. The first-order chi connectivity index (χ1) is 7.86. The molecule has 0 aromatic carbocycles. The lowest BCUT2D eigenvalue weighted by atomic mass is 9.81. The third kappa shape index (κ3) is 3.58. The van der Waals surface area contributed by atoms with E-state index in [9.17, 15) is 0 Å². The average molecular weight is 236 g/mol. The SMILES string of the molecule is CNc1ncc(C)c(NCC(C)(C)C(C)C)n1. The maximum Gasteiger partial charge on any atom is 0.224 e. The van der Waals surface area contributed by atoms with Crippen LogP contribution in [0.15, 0.2) is 6.20 Å². The van der Waals surface area contributed by atoms with Crippen molar-refractivity contribution < 1.29 is 0 Å². The minimum absolute atomic E-state index is 0.247. The fourth-order valence-electron chi connectivity index (χ4n) is 1.26. The Morgan fingerprint density at radius 3 is 2.53 bits per heavy atom. The van der Waals surface area contributed by atoms with Gasteiger partial charge in [-0.3, -0.25) is 0 Å². The molecule has 0 bridgehead atoms. The highest BCUT2D eigenvalue weighted by atomic mass is 15.1. The molecule has 0 saturated heterocycles. The van der Waals surface area contributed by atoms with Gasteiger partial charge in [-0.05, 0) is 18.3 Å². The largest absolute Gasteiger partial charge is 0.369 e. The first-order valence-corrected chi connectivity index (χ1v) is 6.12. The lowest BCUT2D eigenvalue weighted by Gasteiger charge is -2.29. The van der Waals surface area contributed by atoms with Gasteiger partial charge in [0.1, 0.15) is 5.82 Å². The van der Waals surface area contributed by atoms with Crippen molar-refractivity contribution in [3.05, 3.63) is 11.8 Å². The van der Waals surface area contributed by atoms with E-state index in [-0.39, 0.29) is 5.41 Å². The summed E-state index contributed by atoms with van der Waals surface area (Å²) >= 11 is 0. The van der Waals surface area contributed by atoms with E-state index in [0.717, 1.165) is 17.9 Å². The van der Waals surface area contributed by atoms with Crippen LogP contribution in [0.3, 0.4) is 0 Å². The van der Waals surface area contributed by atoms with Crippen molar-refractivity contribution in [1.29, 1.82) is 0 Å². The monoisotopic (exact) mass is 236 g/mol. The number of rotatable bonds is 5. The van der Waals surface area contributed by atoms with E-state index >= 15 is 0 Å². The molecule has 17 heavy (non-hydrogen) atoms. The first-order valence-electron chi connectivity index (χ1n) is 6.12. The Morgan fingerprint density at radius 2 is 2.00 bits per heavy atom. The maximum atomic E-state index is 4.42. The van der Waals surface area contributed by atoms with Gasteiger partial charge in [-0.15, -0.1) is 0 Å². The van der Waals surface area contributed by atoms with Crippen LogP contribution in [-0.4, -0.2) is 23.6 Å². The Bertz CT molecular complexity index is 372. The molecule has 1 aromatic heterocycles. The number of nitrogens with one attached hydrogen (secondary N) is 2. The highest BCUT2D eigenvalue weighted by molar-refractivity contribution is 5.46. The fourth-order valence-corrected chi connectivity index (χ4v) is 1.26. The van der Waals surface area contributed by atoms with Gasteiger partial charge in [-0.2, -0.15) is 4.98 Å². The predicted molar refractivity (Wildman–Crippen MR) is 73.4 cm³/mol. The Balaban J connectivity index is 2.75. The third-order valence-electron chi connectivity index (χ3n) is 3.47. The van der Waals surface area contributed by atoms with Crippen LogP contribution < -0.4 is 10.6 Å². The van der Waals surface area contributed by atoms with E-state index < -0.39 is 0 Å². The quantitative estimate of drug-likeness (QED) is 0.825. The molecule has 4 nitrogen and oxygen atoms in total. The summed E-state index contributed by atoms with van der Waals surface area (Å²) in [7, 11) is 1.83. The summed E-state index contributed by atoms with van der Waals surface area (Å²) in [6.07, 6.45) is 1.84. The number of hydrogen-bond donors (Lipinski definition) is 2. The number of aromatic nitrogens is 2. The summed E-state index contributed by atoms with van der Waals surface area (Å²) in [6.45, 7) is 11.9. The molecular formula is C13H24N4. The maximum absolute atomic E-state index is 4.42. The van der Waals surface area contributed by atoms with E-state index in [1.165, 1.54) is 0 Å². The molecule has 0 amide bonds. The molecule has 1 heterocycles. The van der Waals surface area contributed by atoms with Gasteiger partial charge in [0.25, 0.3) is 0 Å². The summed E-state index contributed by atoms with van der Waals surface area (Å²) in [4.78, 5) is 8.59. The number of aryl methyl sites for hydroxylation is 1. The topological polar surface area (TPSA) is 49.8 Å². The fraction of sp³-hybridized carbons (Fsp3) is 0.692. The Hall–Kier alpha value is -1.32. The van der Waals surface area contributed by atoms with Crippen molar-refractivity contribution in [2.75, 3.05) is 24.2 Å². The molecule has 2 N–H and O–H groups in total. The molecule has 0 aliphatic heterocycles. The lowest BCUT2D eigenvalue weighted by molar-refractivity contribution is 0.269. The second-order valence-corrected chi connectivity index (χ2v) is 5.47. The van der Waals surface area contributed by atoms with Crippen molar-refractivity contribution in [2.24, 2.45) is 11.3 Å². The van der Waals surface area contributed by atoms with Crippen LogP contribution in [0.1, 0.15) is 33.3 Å². The lowest BCUT2D eigenvalue weighted by Crippen LogP contribution is -2.29. The van der Waals surface area contributed by atoms with Crippen molar-refractivity contribution in [3.8, 4) is 0 Å². The van der Waals surface area contributed by atoms with E-state index in [2.05, 4.69) is 48.3 Å². The Labute approximate surface area is 104 Å². The number of anilines is 2. The van der Waals surface area contributed by atoms with E-state index in [1.54, 1.807) is 0 Å². The summed E-state index contributed by atoms with van der Waals surface area (Å²) in [5, 5.41) is 6.37. The van der Waals surface area contributed by atoms with Gasteiger partial charge in [0, 0.05) is 25.4 Å². The molecule has 96 valence electrons. The van der Waals surface area contributed by atoms with Gasteiger partial charge in [0.15, 0.2) is 0 Å². The van der Waals surface area contributed by atoms with Crippen molar-refractivity contribution in [1.82, 2.24) is 9.97 Å². The van der Waals surface area contributed by atoms with Crippen LogP contribution in [0.2, 0.25) is 0 Å². The van der Waals surface area contributed by atoms with Crippen LogP contribution in [-0.2, 0) is 0 Å².